The third kappa shape index (κ3) is 3.80. The summed E-state index contributed by atoms with van der Waals surface area (Å²) in [4.78, 5) is 21.8. The summed E-state index contributed by atoms with van der Waals surface area (Å²) in [5.41, 5.74) is -1.34. The SMILES string of the molecule is CN(c1c(F)cnc2[nH]cc(C(=O)c3c(F)ccc(NS(=O)(=O)N4CCCC4)c3F)c12)C1CC1. The summed E-state index contributed by atoms with van der Waals surface area (Å²) in [7, 11) is -2.38. The highest BCUT2D eigenvalue weighted by atomic mass is 32.2. The number of H-pyrrole nitrogens is 1. The molecule has 3 heterocycles. The van der Waals surface area contributed by atoms with E-state index in [-0.39, 0.29) is 41.4 Å². The van der Waals surface area contributed by atoms with Gasteiger partial charge in [0.25, 0.3) is 0 Å². The van der Waals surface area contributed by atoms with Crippen LogP contribution in [-0.2, 0) is 10.2 Å². The highest BCUT2D eigenvalue weighted by Gasteiger charge is 2.33. The first-order valence-electron chi connectivity index (χ1n) is 10.9. The molecule has 2 N–H and O–H groups in total. The van der Waals surface area contributed by atoms with Crippen molar-refractivity contribution in [3.63, 3.8) is 0 Å². The second-order valence-electron chi connectivity index (χ2n) is 8.55. The van der Waals surface area contributed by atoms with E-state index < -0.39 is 44.7 Å². The highest BCUT2D eigenvalue weighted by molar-refractivity contribution is 7.90. The lowest BCUT2D eigenvalue weighted by Crippen LogP contribution is -2.33. The minimum absolute atomic E-state index is 0.0924. The fourth-order valence-electron chi connectivity index (χ4n) is 4.33. The zero-order chi connectivity index (χ0) is 24.2. The van der Waals surface area contributed by atoms with E-state index in [4.69, 9.17) is 0 Å². The molecule has 1 aliphatic carbocycles. The Morgan fingerprint density at radius 2 is 1.88 bits per heavy atom. The number of fused-ring (bicyclic) bond motifs is 1. The molecule has 1 saturated heterocycles. The summed E-state index contributed by atoms with van der Waals surface area (Å²) in [5, 5.41) is 0.112. The average molecular weight is 494 g/mol. The van der Waals surface area contributed by atoms with Crippen LogP contribution in [-0.4, -0.2) is 54.7 Å². The molecule has 1 saturated carbocycles. The lowest BCUT2D eigenvalue weighted by molar-refractivity contribution is 0.103. The number of benzene rings is 1. The molecular weight excluding hydrogens is 471 g/mol. The van der Waals surface area contributed by atoms with Crippen LogP contribution in [0.25, 0.3) is 11.0 Å². The van der Waals surface area contributed by atoms with E-state index in [1.54, 1.807) is 11.9 Å². The van der Waals surface area contributed by atoms with Gasteiger partial charge in [0.1, 0.15) is 11.5 Å². The number of nitrogens with zero attached hydrogens (tertiary/aromatic N) is 3. The van der Waals surface area contributed by atoms with Gasteiger partial charge in [-0.15, -0.1) is 0 Å². The molecule has 0 unspecified atom stereocenters. The third-order valence-electron chi connectivity index (χ3n) is 6.28. The number of anilines is 2. The van der Waals surface area contributed by atoms with Gasteiger partial charge in [0.2, 0.25) is 5.78 Å². The Morgan fingerprint density at radius 1 is 1.18 bits per heavy atom. The summed E-state index contributed by atoms with van der Waals surface area (Å²) in [6.07, 6.45) is 5.32. The van der Waals surface area contributed by atoms with Crippen LogP contribution in [0.15, 0.2) is 24.5 Å². The van der Waals surface area contributed by atoms with E-state index in [9.17, 15) is 22.0 Å². The number of carbonyl (C=O) groups is 1. The van der Waals surface area contributed by atoms with Crippen molar-refractivity contribution in [1.82, 2.24) is 14.3 Å². The summed E-state index contributed by atoms with van der Waals surface area (Å²) >= 11 is 0. The highest BCUT2D eigenvalue weighted by Crippen LogP contribution is 2.38. The largest absolute Gasteiger partial charge is 0.369 e. The molecule has 2 aromatic heterocycles. The Hall–Kier alpha value is -3.12. The Labute approximate surface area is 193 Å². The molecule has 0 radical (unpaired) electrons. The Bertz CT molecular complexity index is 1400. The van der Waals surface area contributed by atoms with Gasteiger partial charge in [-0.25, -0.2) is 18.2 Å². The lowest BCUT2D eigenvalue weighted by Gasteiger charge is -2.21. The van der Waals surface area contributed by atoms with Gasteiger partial charge in [-0.05, 0) is 37.8 Å². The molecule has 0 amide bonds. The normalized spacial score (nSPS) is 16.8. The lowest BCUT2D eigenvalue weighted by atomic mass is 10.0. The third-order valence-corrected chi connectivity index (χ3v) is 7.81. The van der Waals surface area contributed by atoms with Crippen LogP contribution >= 0.6 is 0 Å². The van der Waals surface area contributed by atoms with Gasteiger partial charge < -0.3 is 9.88 Å². The number of aromatic amines is 1. The summed E-state index contributed by atoms with van der Waals surface area (Å²) in [6, 6.07) is 1.84. The zero-order valence-electron chi connectivity index (χ0n) is 18.2. The molecule has 180 valence electrons. The molecule has 5 rings (SSSR count). The predicted octanol–water partition coefficient (Wildman–Crippen LogP) is 3.56. The molecule has 2 fully saturated rings. The molecule has 34 heavy (non-hydrogen) atoms. The molecule has 0 bridgehead atoms. The van der Waals surface area contributed by atoms with E-state index >= 15 is 4.39 Å². The number of hydrogen-bond acceptors (Lipinski definition) is 5. The van der Waals surface area contributed by atoms with Crippen molar-refractivity contribution in [2.75, 3.05) is 29.8 Å². The van der Waals surface area contributed by atoms with Crippen molar-refractivity contribution >= 4 is 38.4 Å². The van der Waals surface area contributed by atoms with E-state index in [1.807, 2.05) is 0 Å². The van der Waals surface area contributed by atoms with Crippen LogP contribution in [0.3, 0.4) is 0 Å². The minimum Gasteiger partial charge on any atom is -0.369 e. The summed E-state index contributed by atoms with van der Waals surface area (Å²) in [6.45, 7) is 0.574. The first-order chi connectivity index (χ1) is 16.2. The minimum atomic E-state index is -4.07. The number of hydrogen-bond donors (Lipinski definition) is 2. The zero-order valence-corrected chi connectivity index (χ0v) is 19.1. The molecule has 12 heteroatoms. The van der Waals surface area contributed by atoms with Crippen LogP contribution in [0.1, 0.15) is 41.6 Å². The Balaban J connectivity index is 1.58. The fourth-order valence-corrected chi connectivity index (χ4v) is 5.63. The van der Waals surface area contributed by atoms with Gasteiger partial charge in [-0.2, -0.15) is 12.7 Å². The van der Waals surface area contributed by atoms with Crippen LogP contribution < -0.4 is 9.62 Å². The first-order valence-corrected chi connectivity index (χ1v) is 12.3. The van der Waals surface area contributed by atoms with Crippen LogP contribution in [0.4, 0.5) is 24.5 Å². The number of nitrogens with one attached hydrogen (secondary N) is 2. The number of ketones is 1. The molecule has 0 spiro atoms. The van der Waals surface area contributed by atoms with Crippen LogP contribution in [0.5, 0.6) is 0 Å². The smallest absolute Gasteiger partial charge is 0.301 e. The maximum atomic E-state index is 15.4. The maximum Gasteiger partial charge on any atom is 0.301 e. The van der Waals surface area contributed by atoms with Crippen molar-refractivity contribution in [2.45, 2.75) is 31.7 Å². The van der Waals surface area contributed by atoms with Gasteiger partial charge in [0.15, 0.2) is 11.6 Å². The van der Waals surface area contributed by atoms with E-state index in [2.05, 4.69) is 14.7 Å². The topological polar surface area (TPSA) is 98.4 Å². The number of rotatable bonds is 7. The second kappa shape index (κ2) is 8.27. The fraction of sp³-hybridized carbons (Fsp3) is 0.364. The van der Waals surface area contributed by atoms with E-state index in [0.717, 1.165) is 35.5 Å². The molecule has 3 aromatic rings. The summed E-state index contributed by atoms with van der Waals surface area (Å²) in [5.74, 6) is -4.23. The van der Waals surface area contributed by atoms with E-state index in [1.165, 1.54) is 6.20 Å². The molecule has 2 aliphatic rings. The number of aromatic nitrogens is 2. The van der Waals surface area contributed by atoms with Crippen LogP contribution in [0.2, 0.25) is 0 Å². The van der Waals surface area contributed by atoms with Crippen molar-refractivity contribution in [3.05, 3.63) is 53.1 Å². The first kappa shape index (κ1) is 22.7. The quantitative estimate of drug-likeness (QED) is 0.491. The van der Waals surface area contributed by atoms with Crippen molar-refractivity contribution in [3.8, 4) is 0 Å². The van der Waals surface area contributed by atoms with Crippen LogP contribution in [0, 0.1) is 17.5 Å². The number of halogens is 3. The van der Waals surface area contributed by atoms with Gasteiger partial charge in [-0.3, -0.25) is 9.52 Å². The Kier molecular flexibility index (Phi) is 5.52. The predicted molar refractivity (Wildman–Crippen MR) is 121 cm³/mol. The molecule has 1 aromatic carbocycles. The Morgan fingerprint density at radius 3 is 2.56 bits per heavy atom. The van der Waals surface area contributed by atoms with Crippen molar-refractivity contribution < 1.29 is 26.4 Å². The number of pyridine rings is 1. The van der Waals surface area contributed by atoms with Gasteiger partial charge >= 0.3 is 10.2 Å². The van der Waals surface area contributed by atoms with Crippen molar-refractivity contribution in [1.29, 1.82) is 0 Å². The molecule has 1 aliphatic heterocycles. The number of carbonyl (C=O) groups excluding carboxylic acids is 1. The standard InChI is InChI=1S/C22H22F3N5O3S/c1-29(12-4-5-12)20-15(24)11-27-22-17(20)13(10-26-22)21(31)18-14(23)6-7-16(19(18)25)28-34(32,33)30-8-2-3-9-30/h6-7,10-12,28H,2-5,8-9H2,1H3,(H,26,27). The maximum absolute atomic E-state index is 15.4. The molecule has 8 nitrogen and oxygen atoms in total. The molecule has 0 atom stereocenters. The van der Waals surface area contributed by atoms with Crippen molar-refractivity contribution in [2.24, 2.45) is 0 Å². The monoisotopic (exact) mass is 493 g/mol. The van der Waals surface area contributed by atoms with E-state index in [0.29, 0.717) is 12.8 Å². The average Bonchev–Trinajstić information content (AvgIpc) is 3.30. The van der Waals surface area contributed by atoms with Gasteiger partial charge in [-0.1, -0.05) is 0 Å². The second-order valence-corrected chi connectivity index (χ2v) is 10.2. The van der Waals surface area contributed by atoms with Gasteiger partial charge in [0.05, 0.1) is 34.1 Å². The van der Waals surface area contributed by atoms with Gasteiger partial charge in [0, 0.05) is 32.4 Å². The summed E-state index contributed by atoms with van der Waals surface area (Å²) < 4.78 is 73.2. The molecular formula is C22H22F3N5O3S.